The van der Waals surface area contributed by atoms with Gasteiger partial charge in [0.05, 0.1) is 56.0 Å². The van der Waals surface area contributed by atoms with Crippen molar-refractivity contribution in [2.75, 3.05) is 5.73 Å². The van der Waals surface area contributed by atoms with Crippen LogP contribution in [0.4, 0.5) is 23.4 Å². The number of nitrogens with zero attached hydrogens (tertiary/aromatic N) is 6. The number of aryl methyl sites for hydroxylation is 4. The average Bonchev–Trinajstić information content (AvgIpc) is 3.67. The third-order valence-electron chi connectivity index (χ3n) is 8.85. The van der Waals surface area contributed by atoms with Crippen molar-refractivity contribution in [3.63, 3.8) is 0 Å². The van der Waals surface area contributed by atoms with E-state index in [1.807, 2.05) is 0 Å². The molecule has 0 aliphatic rings. The van der Waals surface area contributed by atoms with Gasteiger partial charge < -0.3 is 19.9 Å². The molecule has 8 rings (SSSR count). The summed E-state index contributed by atoms with van der Waals surface area (Å²) in [6.07, 6.45) is 0. The Morgan fingerprint density at radius 2 is 1.09 bits per heavy atom. The van der Waals surface area contributed by atoms with Crippen LogP contribution in [-0.2, 0) is 0 Å². The van der Waals surface area contributed by atoms with Crippen LogP contribution >= 0.6 is 0 Å². The SMILES string of the molecule is Cc1noc(C)c1-c1ccc2c(=O)cc(C(=O)O)n(-c3ccc(F)cc3F)c2n1.Cc1noc(C)c1-c1ccc2c(=O)cc(N)n(-c3ccc(F)cc3F)c2n1. The molecule has 3 N–H and O–H groups in total. The van der Waals surface area contributed by atoms with E-state index in [9.17, 15) is 37.1 Å². The van der Waals surface area contributed by atoms with Gasteiger partial charge >= 0.3 is 5.97 Å². The molecule has 0 aliphatic carbocycles. The maximum Gasteiger partial charge on any atom is 0.353 e. The standard InChI is InChI=1S/C20H13F2N3O4.C19H14F2N4O2/c1-9-18(10(2)29-24-9)14-5-4-12-17(26)8-16(20(27)28)25(19(12)23-14)15-6-3-11(21)7-13(15)22;1-9-18(10(2)27-24-9)14-5-4-12-16(26)8-17(22)25(19(12)23-14)15-6-3-11(20)7-13(15)21/h3-8H,1-2H3,(H,27,28);3-8H,22H2,1-2H3. The number of pyridine rings is 4. The molecule has 2 aromatic carbocycles. The molecule has 17 heteroatoms. The Morgan fingerprint density at radius 1 is 0.643 bits per heavy atom. The summed E-state index contributed by atoms with van der Waals surface area (Å²) in [5.41, 5.74) is 7.65. The fraction of sp³-hybridized carbons (Fsp3) is 0.103. The van der Waals surface area contributed by atoms with Crippen LogP contribution in [0.2, 0.25) is 0 Å². The van der Waals surface area contributed by atoms with E-state index in [4.69, 9.17) is 14.8 Å². The molecule has 6 aromatic heterocycles. The second kappa shape index (κ2) is 14.1. The first kappa shape index (κ1) is 36.9. The van der Waals surface area contributed by atoms with Gasteiger partial charge in [0, 0.05) is 24.3 Å². The first-order chi connectivity index (χ1) is 26.6. The van der Waals surface area contributed by atoms with Crippen LogP contribution in [0.5, 0.6) is 0 Å². The number of carbonyl (C=O) groups is 1. The summed E-state index contributed by atoms with van der Waals surface area (Å²) in [7, 11) is 0. The molecule has 6 heterocycles. The second-order valence-corrected chi connectivity index (χ2v) is 12.5. The Morgan fingerprint density at radius 3 is 1.52 bits per heavy atom. The summed E-state index contributed by atoms with van der Waals surface area (Å²) in [6, 6.07) is 14.2. The van der Waals surface area contributed by atoms with Crippen molar-refractivity contribution in [1.82, 2.24) is 29.4 Å². The van der Waals surface area contributed by atoms with Gasteiger partial charge in [-0.2, -0.15) is 0 Å². The molecule has 8 aromatic rings. The largest absolute Gasteiger partial charge is 0.477 e. The molecule has 0 radical (unpaired) electrons. The number of carboxylic acid groups (broad SMARTS) is 1. The highest BCUT2D eigenvalue weighted by Crippen LogP contribution is 2.30. The van der Waals surface area contributed by atoms with Gasteiger partial charge in [-0.3, -0.25) is 18.7 Å². The highest BCUT2D eigenvalue weighted by Gasteiger charge is 2.22. The first-order valence-corrected chi connectivity index (χ1v) is 16.5. The molecule has 0 amide bonds. The quantitative estimate of drug-likeness (QED) is 0.170. The number of aromatic carboxylic acids is 1. The topological polar surface area (TPSA) is 185 Å². The Bertz CT molecular complexity index is 2990. The van der Waals surface area contributed by atoms with Crippen molar-refractivity contribution in [1.29, 1.82) is 0 Å². The molecular formula is C39H27F4N7O6. The lowest BCUT2D eigenvalue weighted by molar-refractivity contribution is 0.0687. The molecule has 0 saturated carbocycles. The zero-order valence-electron chi connectivity index (χ0n) is 29.7. The van der Waals surface area contributed by atoms with Gasteiger partial charge in [-0.15, -0.1) is 0 Å². The summed E-state index contributed by atoms with van der Waals surface area (Å²) in [4.78, 5) is 45.5. The maximum absolute atomic E-state index is 14.5. The average molecular weight is 766 g/mol. The van der Waals surface area contributed by atoms with Gasteiger partial charge in [0.15, 0.2) is 16.5 Å². The van der Waals surface area contributed by atoms with E-state index in [0.29, 0.717) is 51.5 Å². The number of hydrogen-bond acceptors (Lipinski definition) is 10. The van der Waals surface area contributed by atoms with Gasteiger partial charge in [-0.05, 0) is 76.2 Å². The fourth-order valence-corrected chi connectivity index (χ4v) is 6.36. The van der Waals surface area contributed by atoms with Crippen LogP contribution in [0.1, 0.15) is 33.4 Å². The summed E-state index contributed by atoms with van der Waals surface area (Å²) < 4.78 is 68.2. The van der Waals surface area contributed by atoms with E-state index in [0.717, 1.165) is 34.9 Å². The number of rotatable bonds is 5. The van der Waals surface area contributed by atoms with Crippen LogP contribution in [0.25, 0.3) is 56.0 Å². The van der Waals surface area contributed by atoms with E-state index < -0.39 is 40.4 Å². The molecular weight excluding hydrogens is 738 g/mol. The van der Waals surface area contributed by atoms with Gasteiger partial charge in [-0.1, -0.05) is 10.3 Å². The predicted molar refractivity (Wildman–Crippen MR) is 196 cm³/mol. The number of carboxylic acids is 1. The van der Waals surface area contributed by atoms with E-state index in [2.05, 4.69) is 20.3 Å². The first-order valence-electron chi connectivity index (χ1n) is 16.5. The van der Waals surface area contributed by atoms with Gasteiger partial charge in [-0.25, -0.2) is 32.3 Å². The van der Waals surface area contributed by atoms with Crippen molar-refractivity contribution in [2.45, 2.75) is 27.7 Å². The number of fused-ring (bicyclic) bond motifs is 2. The Kier molecular flexibility index (Phi) is 9.29. The molecule has 0 spiro atoms. The number of halogens is 4. The van der Waals surface area contributed by atoms with E-state index >= 15 is 0 Å². The summed E-state index contributed by atoms with van der Waals surface area (Å²) in [5, 5.41) is 17.7. The van der Waals surface area contributed by atoms with Gasteiger partial charge in [0.2, 0.25) is 0 Å². The molecule has 0 saturated heterocycles. The predicted octanol–water partition coefficient (Wildman–Crippen LogP) is 7.15. The molecule has 13 nitrogen and oxygen atoms in total. The number of anilines is 1. The molecule has 0 atom stereocenters. The van der Waals surface area contributed by atoms with Crippen LogP contribution < -0.4 is 16.6 Å². The Balaban J connectivity index is 0.000000172. The monoisotopic (exact) mass is 765 g/mol. The van der Waals surface area contributed by atoms with Crippen molar-refractivity contribution in [2.24, 2.45) is 0 Å². The van der Waals surface area contributed by atoms with E-state index in [1.165, 1.54) is 22.8 Å². The van der Waals surface area contributed by atoms with Crippen molar-refractivity contribution >= 4 is 33.9 Å². The molecule has 0 unspecified atom stereocenters. The zero-order valence-corrected chi connectivity index (χ0v) is 29.7. The third kappa shape index (κ3) is 6.44. The van der Waals surface area contributed by atoms with Crippen molar-refractivity contribution in [3.05, 3.63) is 145 Å². The summed E-state index contributed by atoms with van der Waals surface area (Å²) in [6.45, 7) is 6.90. The second-order valence-electron chi connectivity index (χ2n) is 12.5. The Labute approximate surface area is 311 Å². The maximum atomic E-state index is 14.5. The number of hydrogen-bond donors (Lipinski definition) is 2. The lowest BCUT2D eigenvalue weighted by Gasteiger charge is -2.15. The lowest BCUT2D eigenvalue weighted by Crippen LogP contribution is -2.19. The number of nitrogens with two attached hydrogens (primary N) is 1. The van der Waals surface area contributed by atoms with Crippen molar-refractivity contribution in [3.8, 4) is 33.9 Å². The van der Waals surface area contributed by atoms with Crippen LogP contribution in [0.3, 0.4) is 0 Å². The van der Waals surface area contributed by atoms with E-state index in [-0.39, 0.29) is 44.7 Å². The highest BCUT2D eigenvalue weighted by atomic mass is 19.1. The highest BCUT2D eigenvalue weighted by molar-refractivity contribution is 5.91. The normalized spacial score (nSPS) is 11.2. The van der Waals surface area contributed by atoms with Crippen LogP contribution in [0.15, 0.2) is 91.4 Å². The fourth-order valence-electron chi connectivity index (χ4n) is 6.36. The minimum Gasteiger partial charge on any atom is -0.477 e. The van der Waals surface area contributed by atoms with Gasteiger partial charge in [0.25, 0.3) is 0 Å². The minimum atomic E-state index is -1.46. The zero-order chi connectivity index (χ0) is 40.2. The number of nitrogen functional groups attached to an aromatic ring is 1. The molecule has 0 fully saturated rings. The third-order valence-corrected chi connectivity index (χ3v) is 8.85. The smallest absolute Gasteiger partial charge is 0.353 e. The molecule has 0 bridgehead atoms. The van der Waals surface area contributed by atoms with Crippen LogP contribution in [-0.4, -0.2) is 40.5 Å². The Hall–Kier alpha value is -7.43. The molecule has 282 valence electrons. The summed E-state index contributed by atoms with van der Waals surface area (Å²) in [5.74, 6) is -3.80. The number of aromatic nitrogens is 6. The van der Waals surface area contributed by atoms with E-state index in [1.54, 1.807) is 45.9 Å². The van der Waals surface area contributed by atoms with Crippen molar-refractivity contribution < 1.29 is 36.5 Å². The number of benzene rings is 2. The minimum absolute atomic E-state index is 0.0117. The van der Waals surface area contributed by atoms with Gasteiger partial charge in [0.1, 0.15) is 51.9 Å². The summed E-state index contributed by atoms with van der Waals surface area (Å²) >= 11 is 0. The molecule has 56 heavy (non-hydrogen) atoms. The molecule has 0 aliphatic heterocycles. The van der Waals surface area contributed by atoms with Crippen LogP contribution in [0, 0.1) is 51.0 Å². The lowest BCUT2D eigenvalue weighted by atomic mass is 10.1.